The number of nitrogens with zero attached hydrogens (tertiary/aromatic N) is 1. The van der Waals surface area contributed by atoms with Gasteiger partial charge in [-0.3, -0.25) is 19.3 Å². The van der Waals surface area contributed by atoms with Crippen LogP contribution in [0.1, 0.15) is 40.1 Å². The Kier molecular flexibility index (Phi) is 8.05. The number of hydrogen-bond acceptors (Lipinski definition) is 5. The van der Waals surface area contributed by atoms with Gasteiger partial charge in [0.15, 0.2) is 6.61 Å². The van der Waals surface area contributed by atoms with Crippen LogP contribution in [0.15, 0.2) is 18.2 Å². The molecule has 0 saturated carbocycles. The number of anilines is 1. The average molecular weight is 567 g/mol. The highest BCUT2D eigenvalue weighted by atomic mass is 35.5. The summed E-state index contributed by atoms with van der Waals surface area (Å²) in [6, 6.07) is 3.51. The van der Waals surface area contributed by atoms with E-state index in [1.807, 2.05) is 0 Å². The van der Waals surface area contributed by atoms with Crippen molar-refractivity contribution in [1.29, 1.82) is 0 Å². The molecule has 2 aromatic carbocycles. The number of carbonyl (C=O) groups excluding carboxylic acids is 4. The third-order valence-electron chi connectivity index (χ3n) is 5.09. The predicted octanol–water partition coefficient (Wildman–Crippen LogP) is 6.06. The summed E-state index contributed by atoms with van der Waals surface area (Å²) >= 11 is 30.3. The molecule has 1 atom stereocenters. The first kappa shape index (κ1) is 26.6. The van der Waals surface area contributed by atoms with E-state index in [1.54, 1.807) is 39.0 Å². The van der Waals surface area contributed by atoms with Crippen molar-refractivity contribution in [2.24, 2.45) is 5.92 Å². The van der Waals surface area contributed by atoms with Crippen LogP contribution in [0.2, 0.25) is 25.1 Å². The largest absolute Gasteiger partial charge is 0.454 e. The van der Waals surface area contributed by atoms with Crippen LogP contribution in [0.4, 0.5) is 5.69 Å². The first-order chi connectivity index (χ1) is 15.9. The van der Waals surface area contributed by atoms with Crippen LogP contribution in [0.25, 0.3) is 0 Å². The van der Waals surface area contributed by atoms with Crippen LogP contribution in [0.3, 0.4) is 0 Å². The number of carbonyl (C=O) groups is 4. The molecular formula is C22H17Cl5N2O5. The van der Waals surface area contributed by atoms with Crippen molar-refractivity contribution in [3.8, 4) is 0 Å². The van der Waals surface area contributed by atoms with E-state index in [0.29, 0.717) is 21.2 Å². The zero-order chi connectivity index (χ0) is 25.5. The van der Waals surface area contributed by atoms with Gasteiger partial charge < -0.3 is 10.1 Å². The molecule has 3 amide bonds. The van der Waals surface area contributed by atoms with Gasteiger partial charge in [0, 0.05) is 10.7 Å². The molecule has 2 aromatic rings. The first-order valence-corrected chi connectivity index (χ1v) is 11.7. The zero-order valence-electron chi connectivity index (χ0n) is 18.0. The highest BCUT2D eigenvalue weighted by molar-refractivity contribution is 6.55. The minimum Gasteiger partial charge on any atom is -0.454 e. The van der Waals surface area contributed by atoms with Gasteiger partial charge in [-0.15, -0.1) is 0 Å². The van der Waals surface area contributed by atoms with E-state index in [0.717, 1.165) is 0 Å². The Morgan fingerprint density at radius 1 is 0.941 bits per heavy atom. The molecule has 1 unspecified atom stereocenters. The summed E-state index contributed by atoms with van der Waals surface area (Å²) in [6.45, 7) is 4.32. The molecule has 7 nitrogen and oxygen atoms in total. The number of nitrogens with one attached hydrogen (secondary N) is 1. The first-order valence-electron chi connectivity index (χ1n) is 9.83. The van der Waals surface area contributed by atoms with E-state index in [9.17, 15) is 19.2 Å². The van der Waals surface area contributed by atoms with E-state index in [4.69, 9.17) is 62.7 Å². The fourth-order valence-corrected chi connectivity index (χ4v) is 4.71. The van der Waals surface area contributed by atoms with Gasteiger partial charge in [0.2, 0.25) is 0 Å². The number of imide groups is 1. The van der Waals surface area contributed by atoms with Crippen LogP contribution in [-0.2, 0) is 14.3 Å². The van der Waals surface area contributed by atoms with Crippen LogP contribution < -0.4 is 5.32 Å². The summed E-state index contributed by atoms with van der Waals surface area (Å²) in [4.78, 5) is 52.1. The molecule has 0 aromatic heterocycles. The number of amides is 3. The summed E-state index contributed by atoms with van der Waals surface area (Å²) in [5.74, 6) is -3.89. The third-order valence-corrected chi connectivity index (χ3v) is 7.13. The summed E-state index contributed by atoms with van der Waals surface area (Å²) in [7, 11) is 0. The lowest BCUT2D eigenvalue weighted by Gasteiger charge is -2.27. The van der Waals surface area contributed by atoms with Crippen molar-refractivity contribution < 1.29 is 23.9 Å². The standard InChI is InChI=1S/C22H17Cl5N2O5/c1-8(2)19(22(33)34-7-12(30)28-11-5-4-10(23)6-9(11)3)29-20(31)13-14(21(29)32)16(25)18(27)17(26)15(13)24/h4-6,8,19H,7H2,1-3H3,(H,28,30). The molecule has 0 radical (unpaired) electrons. The van der Waals surface area contributed by atoms with Crippen LogP contribution >= 0.6 is 58.0 Å². The number of ether oxygens (including phenoxy) is 1. The maximum atomic E-state index is 13.1. The minimum absolute atomic E-state index is 0.187. The highest BCUT2D eigenvalue weighted by Gasteiger charge is 2.48. The van der Waals surface area contributed by atoms with Gasteiger partial charge in [-0.05, 0) is 36.6 Å². The quantitative estimate of drug-likeness (QED) is 0.199. The van der Waals surface area contributed by atoms with Gasteiger partial charge in [-0.25, -0.2) is 4.79 Å². The SMILES string of the molecule is Cc1cc(Cl)ccc1NC(=O)COC(=O)C(C(C)C)N1C(=O)c2c(Cl)c(Cl)c(Cl)c(Cl)c2C1=O. The summed E-state index contributed by atoms with van der Waals surface area (Å²) in [6.07, 6.45) is 0. The lowest BCUT2D eigenvalue weighted by molar-refractivity contribution is -0.152. The lowest BCUT2D eigenvalue weighted by Crippen LogP contribution is -2.49. The van der Waals surface area contributed by atoms with Crippen molar-refractivity contribution >= 4 is 87.4 Å². The Balaban J connectivity index is 1.81. The number of rotatable bonds is 6. The van der Waals surface area contributed by atoms with Crippen LogP contribution in [0.5, 0.6) is 0 Å². The molecule has 0 aliphatic carbocycles. The molecule has 180 valence electrons. The van der Waals surface area contributed by atoms with Gasteiger partial charge in [0.25, 0.3) is 17.7 Å². The molecule has 0 fully saturated rings. The second-order valence-electron chi connectivity index (χ2n) is 7.79. The monoisotopic (exact) mass is 564 g/mol. The van der Waals surface area contributed by atoms with Crippen molar-refractivity contribution in [3.05, 3.63) is 60.0 Å². The Labute approximate surface area is 220 Å². The molecule has 0 saturated heterocycles. The van der Waals surface area contributed by atoms with E-state index in [-0.39, 0.29) is 31.2 Å². The Hall–Kier alpha value is -2.03. The number of halogens is 5. The zero-order valence-corrected chi connectivity index (χ0v) is 21.8. The van der Waals surface area contributed by atoms with E-state index in [2.05, 4.69) is 5.32 Å². The third kappa shape index (κ3) is 4.86. The maximum absolute atomic E-state index is 13.1. The number of fused-ring (bicyclic) bond motifs is 1. The topological polar surface area (TPSA) is 92.8 Å². The number of esters is 1. The number of hydrogen-bond donors (Lipinski definition) is 1. The Morgan fingerprint density at radius 2 is 1.47 bits per heavy atom. The normalized spacial score (nSPS) is 13.9. The van der Waals surface area contributed by atoms with Crippen LogP contribution in [-0.4, -0.2) is 41.2 Å². The van der Waals surface area contributed by atoms with E-state index < -0.39 is 42.3 Å². The second kappa shape index (κ2) is 10.3. The van der Waals surface area contributed by atoms with Gasteiger partial charge in [-0.2, -0.15) is 0 Å². The van der Waals surface area contributed by atoms with E-state index >= 15 is 0 Å². The molecule has 34 heavy (non-hydrogen) atoms. The predicted molar refractivity (Wildman–Crippen MR) is 131 cm³/mol. The molecule has 1 aliphatic heterocycles. The van der Waals surface area contributed by atoms with E-state index in [1.165, 1.54) is 0 Å². The summed E-state index contributed by atoms with van der Waals surface area (Å²) < 4.78 is 5.14. The van der Waals surface area contributed by atoms with Gasteiger partial charge in [0.1, 0.15) is 6.04 Å². The van der Waals surface area contributed by atoms with Crippen LogP contribution in [0, 0.1) is 12.8 Å². The van der Waals surface area contributed by atoms with Crippen molar-refractivity contribution in [1.82, 2.24) is 4.90 Å². The molecule has 1 heterocycles. The van der Waals surface area contributed by atoms with Crippen molar-refractivity contribution in [3.63, 3.8) is 0 Å². The summed E-state index contributed by atoms with van der Waals surface area (Å²) in [5, 5.41) is 2.23. The molecule has 12 heteroatoms. The van der Waals surface area contributed by atoms with Gasteiger partial charge >= 0.3 is 5.97 Å². The molecule has 1 N–H and O–H groups in total. The lowest BCUT2D eigenvalue weighted by atomic mass is 10.0. The van der Waals surface area contributed by atoms with Crippen molar-refractivity contribution in [2.45, 2.75) is 26.8 Å². The Bertz CT molecular complexity index is 1180. The summed E-state index contributed by atoms with van der Waals surface area (Å²) in [5.41, 5.74) is 0.703. The molecule has 3 rings (SSSR count). The van der Waals surface area contributed by atoms with Gasteiger partial charge in [0.05, 0.1) is 31.2 Å². The fourth-order valence-electron chi connectivity index (χ4n) is 3.47. The number of benzene rings is 2. The second-order valence-corrected chi connectivity index (χ2v) is 9.74. The average Bonchev–Trinajstić information content (AvgIpc) is 3.02. The highest BCUT2D eigenvalue weighted by Crippen LogP contribution is 2.45. The molecule has 0 spiro atoms. The fraction of sp³-hybridized carbons (Fsp3) is 0.273. The maximum Gasteiger partial charge on any atom is 0.330 e. The molecular weight excluding hydrogens is 550 g/mol. The Morgan fingerprint density at radius 3 is 1.94 bits per heavy atom. The molecule has 0 bridgehead atoms. The smallest absolute Gasteiger partial charge is 0.330 e. The van der Waals surface area contributed by atoms with Crippen molar-refractivity contribution in [2.75, 3.05) is 11.9 Å². The minimum atomic E-state index is -1.36. The van der Waals surface area contributed by atoms with Gasteiger partial charge in [-0.1, -0.05) is 71.9 Å². The number of aryl methyl sites for hydroxylation is 1. The molecule has 1 aliphatic rings.